The van der Waals surface area contributed by atoms with Crippen molar-refractivity contribution >= 4 is 0 Å². The maximum Gasteiger partial charge on any atom is 0.391 e. The summed E-state index contributed by atoms with van der Waals surface area (Å²) in [5, 5.41) is 10.2. The van der Waals surface area contributed by atoms with Crippen molar-refractivity contribution in [3.8, 4) is 0 Å². The minimum absolute atomic E-state index is 0.0950. The molecule has 0 aromatic heterocycles. The van der Waals surface area contributed by atoms with Crippen molar-refractivity contribution in [2.45, 2.75) is 124 Å². The number of fused-ring (bicyclic) bond motifs is 5. The van der Waals surface area contributed by atoms with E-state index < -0.39 is 12.1 Å². The van der Waals surface area contributed by atoms with Crippen LogP contribution in [0.2, 0.25) is 0 Å². The largest absolute Gasteiger partial charge is 0.393 e. The van der Waals surface area contributed by atoms with Gasteiger partial charge in [-0.25, -0.2) is 0 Å². The summed E-state index contributed by atoms with van der Waals surface area (Å²) in [5.74, 6) is 3.11. The lowest BCUT2D eigenvalue weighted by Gasteiger charge is -2.61. The van der Waals surface area contributed by atoms with Crippen molar-refractivity contribution < 1.29 is 18.3 Å². The molecule has 0 bridgehead atoms. The summed E-state index contributed by atoms with van der Waals surface area (Å²) >= 11 is 0. The molecule has 1 N–H and O–H groups in total. The standard InChI is InChI=1S/C26H43F3O.C2H6/c1-16-14-18(7-5-6-17(2)26(27,28)29)25(4)13-11-22-21(23(16)25)9-8-19-15-20(30)10-12-24(19,22)3;1-2/h16-23,30H,5-15H2,1-4H3;1-2H3. The Labute approximate surface area is 195 Å². The van der Waals surface area contributed by atoms with Crippen LogP contribution in [0.5, 0.6) is 0 Å². The molecule has 4 aliphatic carbocycles. The van der Waals surface area contributed by atoms with Gasteiger partial charge in [0.2, 0.25) is 0 Å². The van der Waals surface area contributed by atoms with Crippen LogP contribution >= 0.6 is 0 Å². The van der Waals surface area contributed by atoms with Crippen LogP contribution in [0.1, 0.15) is 112 Å². The summed E-state index contributed by atoms with van der Waals surface area (Å²) in [6, 6.07) is 0. The minimum Gasteiger partial charge on any atom is -0.393 e. The van der Waals surface area contributed by atoms with Crippen LogP contribution in [-0.2, 0) is 0 Å². The molecule has 4 saturated carbocycles. The molecule has 0 spiro atoms. The molecule has 188 valence electrons. The van der Waals surface area contributed by atoms with Crippen molar-refractivity contribution in [3.63, 3.8) is 0 Å². The highest BCUT2D eigenvalue weighted by molar-refractivity contribution is 5.10. The monoisotopic (exact) mass is 458 g/mol. The van der Waals surface area contributed by atoms with Gasteiger partial charge in [0, 0.05) is 0 Å². The third-order valence-electron chi connectivity index (χ3n) is 10.9. The van der Waals surface area contributed by atoms with Crippen LogP contribution in [-0.4, -0.2) is 17.4 Å². The molecule has 4 aliphatic rings. The Bertz CT molecular complexity index is 618. The molecule has 0 saturated heterocycles. The van der Waals surface area contributed by atoms with Gasteiger partial charge in [-0.2, -0.15) is 13.2 Å². The highest BCUT2D eigenvalue weighted by atomic mass is 19.4. The highest BCUT2D eigenvalue weighted by Gasteiger charge is 2.61. The van der Waals surface area contributed by atoms with E-state index in [1.807, 2.05) is 13.8 Å². The van der Waals surface area contributed by atoms with Crippen molar-refractivity contribution in [1.29, 1.82) is 0 Å². The molecule has 4 fully saturated rings. The van der Waals surface area contributed by atoms with Crippen LogP contribution in [0.3, 0.4) is 0 Å². The van der Waals surface area contributed by atoms with E-state index in [0.29, 0.717) is 35.0 Å². The van der Waals surface area contributed by atoms with Gasteiger partial charge in [0.25, 0.3) is 0 Å². The van der Waals surface area contributed by atoms with E-state index in [1.165, 1.54) is 45.4 Å². The molecule has 0 amide bonds. The zero-order chi connectivity index (χ0) is 23.9. The predicted octanol–water partition coefficient (Wildman–Crippen LogP) is 8.65. The summed E-state index contributed by atoms with van der Waals surface area (Å²) in [6.07, 6.45) is 7.30. The number of alkyl halides is 3. The van der Waals surface area contributed by atoms with E-state index >= 15 is 0 Å². The number of halogens is 3. The molecule has 0 aromatic carbocycles. The lowest BCUT2D eigenvalue weighted by atomic mass is 9.44. The lowest BCUT2D eigenvalue weighted by Crippen LogP contribution is -2.54. The number of hydrogen-bond donors (Lipinski definition) is 1. The van der Waals surface area contributed by atoms with Crippen LogP contribution in [0, 0.1) is 52.3 Å². The fourth-order valence-electron chi connectivity index (χ4n) is 9.21. The fourth-order valence-corrected chi connectivity index (χ4v) is 9.21. The molecule has 0 aromatic rings. The predicted molar refractivity (Wildman–Crippen MR) is 126 cm³/mol. The molecular formula is C28H49F3O. The van der Waals surface area contributed by atoms with E-state index in [-0.39, 0.29) is 12.5 Å². The average Bonchev–Trinajstić information content (AvgIpc) is 2.99. The number of rotatable bonds is 4. The van der Waals surface area contributed by atoms with Gasteiger partial charge in [0.1, 0.15) is 0 Å². The second kappa shape index (κ2) is 9.78. The zero-order valence-corrected chi connectivity index (χ0v) is 21.5. The summed E-state index contributed by atoms with van der Waals surface area (Å²) in [5.41, 5.74) is 0.711. The minimum atomic E-state index is -4.05. The molecule has 10 unspecified atom stereocenters. The van der Waals surface area contributed by atoms with Crippen LogP contribution in [0.4, 0.5) is 13.2 Å². The van der Waals surface area contributed by atoms with Crippen LogP contribution in [0.25, 0.3) is 0 Å². The second-order valence-electron chi connectivity index (χ2n) is 12.3. The summed E-state index contributed by atoms with van der Waals surface area (Å²) in [4.78, 5) is 0. The van der Waals surface area contributed by atoms with Crippen molar-refractivity contribution in [1.82, 2.24) is 0 Å². The Hall–Kier alpha value is -0.250. The maximum absolute atomic E-state index is 12.9. The zero-order valence-electron chi connectivity index (χ0n) is 21.5. The van der Waals surface area contributed by atoms with Gasteiger partial charge in [-0.1, -0.05) is 48.0 Å². The third kappa shape index (κ3) is 4.65. The third-order valence-corrected chi connectivity index (χ3v) is 10.9. The molecule has 4 rings (SSSR count). The van der Waals surface area contributed by atoms with Crippen LogP contribution in [0.15, 0.2) is 0 Å². The molecule has 4 heteroatoms. The Morgan fingerprint density at radius 3 is 2.28 bits per heavy atom. The van der Waals surface area contributed by atoms with Gasteiger partial charge in [-0.3, -0.25) is 0 Å². The molecular weight excluding hydrogens is 409 g/mol. The fraction of sp³-hybridized carbons (Fsp3) is 1.00. The summed E-state index contributed by atoms with van der Waals surface area (Å²) in [7, 11) is 0. The Kier molecular flexibility index (Phi) is 8.06. The van der Waals surface area contributed by atoms with Gasteiger partial charge in [0.05, 0.1) is 12.0 Å². The van der Waals surface area contributed by atoms with E-state index in [9.17, 15) is 18.3 Å². The van der Waals surface area contributed by atoms with Crippen molar-refractivity contribution in [2.75, 3.05) is 0 Å². The first-order chi connectivity index (χ1) is 15.0. The first kappa shape index (κ1) is 26.4. The first-order valence-electron chi connectivity index (χ1n) is 13.7. The van der Waals surface area contributed by atoms with Gasteiger partial charge in [-0.05, 0) is 111 Å². The summed E-state index contributed by atoms with van der Waals surface area (Å²) < 4.78 is 38.8. The van der Waals surface area contributed by atoms with Gasteiger partial charge in [-0.15, -0.1) is 0 Å². The van der Waals surface area contributed by atoms with Crippen molar-refractivity contribution in [2.24, 2.45) is 52.3 Å². The molecule has 0 aliphatic heterocycles. The Morgan fingerprint density at radius 1 is 0.969 bits per heavy atom. The number of aliphatic hydroxyl groups excluding tert-OH is 1. The van der Waals surface area contributed by atoms with E-state index in [2.05, 4.69) is 20.8 Å². The van der Waals surface area contributed by atoms with E-state index in [1.54, 1.807) is 0 Å². The Morgan fingerprint density at radius 2 is 1.62 bits per heavy atom. The van der Waals surface area contributed by atoms with Gasteiger partial charge < -0.3 is 5.11 Å². The van der Waals surface area contributed by atoms with Crippen LogP contribution < -0.4 is 0 Å². The van der Waals surface area contributed by atoms with E-state index in [0.717, 1.165) is 37.0 Å². The SMILES string of the molecule is CC.CC1CC(CCCC(C)C(F)(F)F)C2(C)CCC3C(CCC4CC(O)CCC43C)C12. The smallest absolute Gasteiger partial charge is 0.391 e. The average molecular weight is 459 g/mol. The molecule has 0 heterocycles. The molecule has 10 atom stereocenters. The molecule has 1 nitrogen and oxygen atoms in total. The maximum atomic E-state index is 12.9. The van der Waals surface area contributed by atoms with Gasteiger partial charge >= 0.3 is 6.18 Å². The van der Waals surface area contributed by atoms with E-state index in [4.69, 9.17) is 0 Å². The Balaban J connectivity index is 0.00000141. The molecule has 0 radical (unpaired) electrons. The first-order valence-corrected chi connectivity index (χ1v) is 13.7. The lowest BCUT2D eigenvalue weighted by molar-refractivity contribution is -0.171. The summed E-state index contributed by atoms with van der Waals surface area (Å²) in [6.45, 7) is 12.8. The topological polar surface area (TPSA) is 20.2 Å². The normalized spacial score (nSPS) is 46.9. The quantitative estimate of drug-likeness (QED) is 0.447. The number of aliphatic hydroxyl groups is 1. The molecule has 32 heavy (non-hydrogen) atoms. The number of hydrogen-bond acceptors (Lipinski definition) is 1. The van der Waals surface area contributed by atoms with Gasteiger partial charge in [0.15, 0.2) is 0 Å². The second-order valence-corrected chi connectivity index (χ2v) is 12.3. The van der Waals surface area contributed by atoms with Crippen molar-refractivity contribution in [3.05, 3.63) is 0 Å². The highest BCUT2D eigenvalue weighted by Crippen LogP contribution is 2.69.